The average Bonchev–Trinajstić information content (AvgIpc) is 2.78. The van der Waals surface area contributed by atoms with Gasteiger partial charge in [0.15, 0.2) is 6.29 Å². The number of carbonyl (C=O) groups is 1. The van der Waals surface area contributed by atoms with Crippen molar-refractivity contribution in [2.75, 3.05) is 6.61 Å². The van der Waals surface area contributed by atoms with Gasteiger partial charge in [-0.05, 0) is 47.1 Å². The van der Waals surface area contributed by atoms with Crippen molar-refractivity contribution in [3.05, 3.63) is 24.4 Å². The lowest BCUT2D eigenvalue weighted by Gasteiger charge is -2.37. The van der Waals surface area contributed by atoms with Crippen LogP contribution in [0.25, 0.3) is 0 Å². The van der Waals surface area contributed by atoms with E-state index in [1.165, 1.54) is 17.2 Å². The normalized spacial score (nSPS) is 25.3. The Morgan fingerprint density at radius 3 is 2.42 bits per heavy atom. The molecule has 1 aliphatic rings. The molecule has 0 amide bonds. The standard InChI is InChI=1S/C18H34O7.C5H5NS2/c1-11(2)6-5-8-18(3,4)9-7-13(19)24-10-12-14(20)15(21)16(22)17(23)25-12;7-8-5-3-1-2-4-6-5/h11-12,14-17,20-23H,5-10H2,1-4H3;1-4,7H. The molecule has 0 spiro atoms. The topological polar surface area (TPSA) is 129 Å². The van der Waals surface area contributed by atoms with Gasteiger partial charge in [-0.2, -0.15) is 0 Å². The average molecular weight is 506 g/mol. The zero-order chi connectivity index (χ0) is 25.0. The lowest BCUT2D eigenvalue weighted by Crippen LogP contribution is -2.58. The first kappa shape index (κ1) is 30.2. The van der Waals surface area contributed by atoms with Crippen LogP contribution in [0.4, 0.5) is 0 Å². The highest BCUT2D eigenvalue weighted by atomic mass is 33.1. The van der Waals surface area contributed by atoms with Crippen LogP contribution in [0.1, 0.15) is 59.8 Å². The molecule has 1 aromatic rings. The first-order chi connectivity index (χ1) is 15.5. The summed E-state index contributed by atoms with van der Waals surface area (Å²) < 4.78 is 10.1. The van der Waals surface area contributed by atoms with Crippen LogP contribution in [-0.4, -0.2) is 68.7 Å². The number of rotatable bonds is 10. The minimum Gasteiger partial charge on any atom is -0.463 e. The monoisotopic (exact) mass is 505 g/mol. The summed E-state index contributed by atoms with van der Waals surface area (Å²) in [6.07, 6.45) is -1.23. The number of carbonyl (C=O) groups excluding carboxylic acids is 1. The molecule has 1 fully saturated rings. The van der Waals surface area contributed by atoms with Gasteiger partial charge in [0.1, 0.15) is 36.0 Å². The molecule has 0 aliphatic carbocycles. The van der Waals surface area contributed by atoms with E-state index in [1.807, 2.05) is 18.2 Å². The lowest BCUT2D eigenvalue weighted by atomic mass is 9.82. The molecule has 10 heteroatoms. The third-order valence-electron chi connectivity index (χ3n) is 5.47. The molecule has 8 nitrogen and oxygen atoms in total. The van der Waals surface area contributed by atoms with Crippen molar-refractivity contribution in [1.29, 1.82) is 0 Å². The van der Waals surface area contributed by atoms with E-state index in [-0.39, 0.29) is 18.4 Å². The van der Waals surface area contributed by atoms with Gasteiger partial charge in [-0.15, -0.1) is 11.7 Å². The molecule has 33 heavy (non-hydrogen) atoms. The quantitative estimate of drug-likeness (QED) is 0.185. The third kappa shape index (κ3) is 11.9. The Bertz CT molecular complexity index is 678. The third-order valence-corrected chi connectivity index (χ3v) is 6.46. The van der Waals surface area contributed by atoms with Crippen LogP contribution in [0.3, 0.4) is 0 Å². The van der Waals surface area contributed by atoms with E-state index in [0.717, 1.165) is 17.9 Å². The van der Waals surface area contributed by atoms with E-state index in [1.54, 1.807) is 6.20 Å². The minimum atomic E-state index is -1.62. The Labute approximate surface area is 205 Å². The molecule has 190 valence electrons. The van der Waals surface area contributed by atoms with Crippen molar-refractivity contribution in [2.45, 2.75) is 95.5 Å². The molecule has 0 aromatic carbocycles. The predicted molar refractivity (Wildman–Crippen MR) is 131 cm³/mol. The summed E-state index contributed by atoms with van der Waals surface area (Å²) >= 11 is 3.96. The van der Waals surface area contributed by atoms with Crippen molar-refractivity contribution in [3.8, 4) is 0 Å². The van der Waals surface area contributed by atoms with Gasteiger partial charge in [-0.3, -0.25) is 4.79 Å². The molecule has 1 aromatic heterocycles. The first-order valence-electron chi connectivity index (χ1n) is 11.2. The van der Waals surface area contributed by atoms with Crippen LogP contribution in [0, 0.1) is 11.3 Å². The fourth-order valence-electron chi connectivity index (χ4n) is 3.27. The molecular formula is C23H39NO7S2. The van der Waals surface area contributed by atoms with E-state index in [9.17, 15) is 25.2 Å². The summed E-state index contributed by atoms with van der Waals surface area (Å²) in [5, 5.41) is 39.2. The summed E-state index contributed by atoms with van der Waals surface area (Å²) in [6.45, 7) is 8.36. The van der Waals surface area contributed by atoms with Crippen molar-refractivity contribution < 1.29 is 34.7 Å². The van der Waals surface area contributed by atoms with Crippen LogP contribution in [-0.2, 0) is 14.3 Å². The van der Waals surface area contributed by atoms with Gasteiger partial charge < -0.3 is 29.9 Å². The fraction of sp³-hybridized carbons (Fsp3) is 0.739. The predicted octanol–water partition coefficient (Wildman–Crippen LogP) is 2.98. The van der Waals surface area contributed by atoms with E-state index >= 15 is 0 Å². The molecular weight excluding hydrogens is 466 g/mol. The minimum absolute atomic E-state index is 0.0469. The van der Waals surface area contributed by atoms with Crippen LogP contribution in [0.2, 0.25) is 0 Å². The molecule has 0 bridgehead atoms. The highest BCUT2D eigenvalue weighted by Crippen LogP contribution is 2.30. The van der Waals surface area contributed by atoms with Crippen LogP contribution >= 0.6 is 22.5 Å². The summed E-state index contributed by atoms with van der Waals surface area (Å²) in [5.41, 5.74) is 0.0469. The van der Waals surface area contributed by atoms with Gasteiger partial charge in [0.2, 0.25) is 0 Å². The first-order valence-corrected chi connectivity index (χ1v) is 13.1. The second-order valence-corrected chi connectivity index (χ2v) is 10.6. The van der Waals surface area contributed by atoms with Crippen molar-refractivity contribution in [2.24, 2.45) is 11.3 Å². The smallest absolute Gasteiger partial charge is 0.305 e. The second-order valence-electron chi connectivity index (χ2n) is 9.43. The highest BCUT2D eigenvalue weighted by molar-refractivity contribution is 8.68. The van der Waals surface area contributed by atoms with Gasteiger partial charge in [-0.25, -0.2) is 4.98 Å². The van der Waals surface area contributed by atoms with Crippen LogP contribution < -0.4 is 0 Å². The van der Waals surface area contributed by atoms with Crippen LogP contribution in [0.5, 0.6) is 0 Å². The summed E-state index contributed by atoms with van der Waals surface area (Å²) in [6, 6.07) is 5.73. The van der Waals surface area contributed by atoms with Gasteiger partial charge in [0, 0.05) is 12.6 Å². The Morgan fingerprint density at radius 1 is 1.18 bits per heavy atom. The Morgan fingerprint density at radius 2 is 1.88 bits per heavy atom. The van der Waals surface area contributed by atoms with Crippen LogP contribution in [0.15, 0.2) is 29.4 Å². The Balaban J connectivity index is 0.000000568. The molecule has 5 atom stereocenters. The number of ether oxygens (including phenoxy) is 2. The van der Waals surface area contributed by atoms with Crippen molar-refractivity contribution in [3.63, 3.8) is 0 Å². The van der Waals surface area contributed by atoms with E-state index in [0.29, 0.717) is 12.3 Å². The van der Waals surface area contributed by atoms with Crippen molar-refractivity contribution >= 4 is 28.4 Å². The molecule has 4 N–H and O–H groups in total. The largest absolute Gasteiger partial charge is 0.463 e. The fourth-order valence-corrected chi connectivity index (χ4v) is 3.84. The number of esters is 1. The number of aliphatic hydroxyl groups excluding tert-OH is 4. The molecule has 0 radical (unpaired) electrons. The number of hydrogen-bond acceptors (Lipinski definition) is 10. The summed E-state index contributed by atoms with van der Waals surface area (Å²) in [4.78, 5) is 15.9. The Kier molecular flexibility index (Phi) is 13.9. The molecule has 5 unspecified atom stereocenters. The maximum absolute atomic E-state index is 11.9. The number of aromatic nitrogens is 1. The zero-order valence-corrected chi connectivity index (χ0v) is 21.5. The van der Waals surface area contributed by atoms with Gasteiger partial charge >= 0.3 is 5.97 Å². The molecule has 2 heterocycles. The highest BCUT2D eigenvalue weighted by Gasteiger charge is 2.43. The number of pyridine rings is 1. The van der Waals surface area contributed by atoms with E-state index in [4.69, 9.17) is 9.47 Å². The second kappa shape index (κ2) is 15.2. The molecule has 0 saturated carbocycles. The molecule has 2 rings (SSSR count). The Hall–Kier alpha value is -0.880. The number of hydrogen-bond donors (Lipinski definition) is 5. The molecule has 1 saturated heterocycles. The van der Waals surface area contributed by atoms with E-state index < -0.39 is 36.7 Å². The maximum Gasteiger partial charge on any atom is 0.305 e. The number of nitrogens with zero attached hydrogens (tertiary/aromatic N) is 1. The molecule has 1 aliphatic heterocycles. The van der Waals surface area contributed by atoms with Gasteiger partial charge in [0.05, 0.1) is 0 Å². The number of aliphatic hydroxyl groups is 4. The number of thiol groups is 1. The van der Waals surface area contributed by atoms with Crippen molar-refractivity contribution in [1.82, 2.24) is 4.98 Å². The lowest BCUT2D eigenvalue weighted by molar-refractivity contribution is -0.287. The zero-order valence-electron chi connectivity index (χ0n) is 19.8. The van der Waals surface area contributed by atoms with Gasteiger partial charge in [-0.1, -0.05) is 46.6 Å². The summed E-state index contributed by atoms with van der Waals surface area (Å²) in [5.74, 6) is 0.259. The SMILES string of the molecule is CC(C)CCCC(C)(C)CCC(=O)OCC1OC(O)C(O)C(O)C1O.SSc1ccccn1. The maximum atomic E-state index is 11.9. The van der Waals surface area contributed by atoms with E-state index in [2.05, 4.69) is 44.3 Å². The van der Waals surface area contributed by atoms with Gasteiger partial charge in [0.25, 0.3) is 0 Å². The summed E-state index contributed by atoms with van der Waals surface area (Å²) in [7, 11) is 1.35.